The Balaban J connectivity index is 1.78. The highest BCUT2D eigenvalue weighted by Crippen LogP contribution is 2.13. The Morgan fingerprint density at radius 3 is 2.04 bits per heavy atom. The average molecular weight is 340 g/mol. The van der Waals surface area contributed by atoms with E-state index in [1.807, 2.05) is 12.1 Å². The van der Waals surface area contributed by atoms with Gasteiger partial charge >= 0.3 is 5.97 Å². The van der Waals surface area contributed by atoms with Crippen molar-refractivity contribution < 1.29 is 14.3 Å². The van der Waals surface area contributed by atoms with Gasteiger partial charge in [0.25, 0.3) is 0 Å². The zero-order chi connectivity index (χ0) is 18.2. The van der Waals surface area contributed by atoms with Crippen LogP contribution in [-0.4, -0.2) is 24.4 Å². The van der Waals surface area contributed by atoms with Crippen LogP contribution in [0.5, 0.6) is 0 Å². The second kappa shape index (κ2) is 8.49. The molecule has 0 unspecified atom stereocenters. The number of benzene rings is 2. The Kier molecular flexibility index (Phi) is 6.11. The van der Waals surface area contributed by atoms with Crippen LogP contribution in [0.25, 0.3) is 0 Å². The molecule has 0 heterocycles. The number of hydrogen-bond acceptors (Lipinski definition) is 4. The minimum Gasteiger partial charge on any atom is -0.462 e. The number of amides is 1. The molecule has 0 aliphatic rings. The summed E-state index contributed by atoms with van der Waals surface area (Å²) in [5, 5.41) is 0. The van der Waals surface area contributed by atoms with Gasteiger partial charge in [0.2, 0.25) is 5.91 Å². The summed E-state index contributed by atoms with van der Waals surface area (Å²) >= 11 is 0. The number of guanidine groups is 1. The maximum atomic E-state index is 12.0. The predicted molar refractivity (Wildman–Crippen MR) is 95.5 cm³/mol. The Hall–Kier alpha value is -3.35. The van der Waals surface area contributed by atoms with E-state index in [2.05, 4.69) is 4.99 Å². The van der Waals surface area contributed by atoms with E-state index in [1.54, 1.807) is 36.4 Å². The SMILES string of the molecule is NC(=O)c1ccc(CCCOC(=O)c2ccc(N=C(N)N)cc2)cc1. The van der Waals surface area contributed by atoms with Gasteiger partial charge < -0.3 is 21.9 Å². The molecule has 7 nitrogen and oxygen atoms in total. The number of rotatable bonds is 7. The Morgan fingerprint density at radius 2 is 1.48 bits per heavy atom. The van der Waals surface area contributed by atoms with E-state index in [0.717, 1.165) is 12.0 Å². The van der Waals surface area contributed by atoms with Gasteiger partial charge in [-0.15, -0.1) is 0 Å². The van der Waals surface area contributed by atoms with Crippen LogP contribution in [0.15, 0.2) is 53.5 Å². The molecule has 2 rings (SSSR count). The normalized spacial score (nSPS) is 10.1. The second-order valence-electron chi connectivity index (χ2n) is 5.38. The van der Waals surface area contributed by atoms with Crippen LogP contribution in [0, 0.1) is 0 Å². The number of hydrogen-bond donors (Lipinski definition) is 3. The molecule has 7 heteroatoms. The Morgan fingerprint density at radius 1 is 0.880 bits per heavy atom. The van der Waals surface area contributed by atoms with Crippen molar-refractivity contribution >= 4 is 23.5 Å². The molecular weight excluding hydrogens is 320 g/mol. The van der Waals surface area contributed by atoms with Crippen LogP contribution in [0.1, 0.15) is 32.7 Å². The van der Waals surface area contributed by atoms with Gasteiger partial charge in [-0.3, -0.25) is 4.79 Å². The van der Waals surface area contributed by atoms with Crippen LogP contribution >= 0.6 is 0 Å². The number of ether oxygens (including phenoxy) is 1. The van der Waals surface area contributed by atoms with Crippen molar-refractivity contribution in [3.8, 4) is 0 Å². The van der Waals surface area contributed by atoms with Crippen LogP contribution in [0.3, 0.4) is 0 Å². The van der Waals surface area contributed by atoms with Crippen molar-refractivity contribution in [2.75, 3.05) is 6.61 Å². The molecule has 130 valence electrons. The number of aryl methyl sites for hydroxylation is 1. The molecule has 6 N–H and O–H groups in total. The summed E-state index contributed by atoms with van der Waals surface area (Å²) in [6.45, 7) is 0.298. The Labute approximate surface area is 145 Å². The maximum Gasteiger partial charge on any atom is 0.338 e. The molecule has 0 radical (unpaired) electrons. The molecule has 25 heavy (non-hydrogen) atoms. The van der Waals surface area contributed by atoms with Gasteiger partial charge in [-0.2, -0.15) is 0 Å². The maximum absolute atomic E-state index is 12.0. The minimum atomic E-state index is -0.452. The van der Waals surface area contributed by atoms with Crippen LogP contribution < -0.4 is 17.2 Å². The molecule has 0 aromatic heterocycles. The fourth-order valence-electron chi connectivity index (χ4n) is 2.18. The lowest BCUT2D eigenvalue weighted by Gasteiger charge is -2.06. The Bertz CT molecular complexity index is 764. The second-order valence-corrected chi connectivity index (χ2v) is 5.38. The fourth-order valence-corrected chi connectivity index (χ4v) is 2.18. The van der Waals surface area contributed by atoms with Gasteiger partial charge in [-0.25, -0.2) is 9.79 Å². The van der Waals surface area contributed by atoms with E-state index in [1.165, 1.54) is 0 Å². The van der Waals surface area contributed by atoms with Gasteiger partial charge in [0.05, 0.1) is 17.9 Å². The molecule has 2 aromatic rings. The first-order chi connectivity index (χ1) is 12.0. The molecule has 0 aliphatic heterocycles. The number of nitrogens with zero attached hydrogens (tertiary/aromatic N) is 1. The van der Waals surface area contributed by atoms with E-state index < -0.39 is 11.9 Å². The smallest absolute Gasteiger partial charge is 0.338 e. The molecule has 0 spiro atoms. The summed E-state index contributed by atoms with van der Waals surface area (Å²) in [6.07, 6.45) is 1.41. The summed E-state index contributed by atoms with van der Waals surface area (Å²) < 4.78 is 5.23. The lowest BCUT2D eigenvalue weighted by molar-refractivity contribution is 0.0500. The third-order valence-corrected chi connectivity index (χ3v) is 3.44. The number of carbonyl (C=O) groups excluding carboxylic acids is 2. The van der Waals surface area contributed by atoms with Crippen LogP contribution in [-0.2, 0) is 11.2 Å². The number of nitrogens with two attached hydrogens (primary N) is 3. The molecule has 0 saturated carbocycles. The first-order valence-corrected chi connectivity index (χ1v) is 7.71. The van der Waals surface area contributed by atoms with E-state index in [-0.39, 0.29) is 5.96 Å². The van der Waals surface area contributed by atoms with Gasteiger partial charge in [0, 0.05) is 5.56 Å². The molecule has 0 aliphatic carbocycles. The van der Waals surface area contributed by atoms with Crippen molar-refractivity contribution in [2.24, 2.45) is 22.2 Å². The van der Waals surface area contributed by atoms with Crippen molar-refractivity contribution in [2.45, 2.75) is 12.8 Å². The third kappa shape index (κ3) is 5.65. The third-order valence-electron chi connectivity index (χ3n) is 3.44. The van der Waals surface area contributed by atoms with Gasteiger partial charge in [-0.1, -0.05) is 12.1 Å². The zero-order valence-corrected chi connectivity index (χ0v) is 13.6. The molecule has 0 saturated heterocycles. The lowest BCUT2D eigenvalue weighted by atomic mass is 10.1. The number of aliphatic imine (C=N–C) groups is 1. The largest absolute Gasteiger partial charge is 0.462 e. The van der Waals surface area contributed by atoms with Gasteiger partial charge in [0.15, 0.2) is 5.96 Å². The summed E-state index contributed by atoms with van der Waals surface area (Å²) in [5.74, 6) is -0.897. The minimum absolute atomic E-state index is 0.0424. The molecule has 0 fully saturated rings. The molecule has 2 aromatic carbocycles. The summed E-state index contributed by atoms with van der Waals surface area (Å²) in [7, 11) is 0. The highest BCUT2D eigenvalue weighted by atomic mass is 16.5. The van der Waals surface area contributed by atoms with Crippen LogP contribution in [0.2, 0.25) is 0 Å². The number of carbonyl (C=O) groups is 2. The molecule has 0 atom stereocenters. The van der Waals surface area contributed by atoms with E-state index in [0.29, 0.717) is 29.8 Å². The van der Waals surface area contributed by atoms with Crippen LogP contribution in [0.4, 0.5) is 5.69 Å². The highest BCUT2D eigenvalue weighted by Gasteiger charge is 2.07. The average Bonchev–Trinajstić information content (AvgIpc) is 2.59. The van der Waals surface area contributed by atoms with E-state index in [9.17, 15) is 9.59 Å². The first kappa shape index (κ1) is 18.0. The van der Waals surface area contributed by atoms with Gasteiger partial charge in [0.1, 0.15) is 0 Å². The van der Waals surface area contributed by atoms with E-state index in [4.69, 9.17) is 21.9 Å². The van der Waals surface area contributed by atoms with Crippen molar-refractivity contribution in [1.82, 2.24) is 0 Å². The molecule has 1 amide bonds. The predicted octanol–water partition coefficient (Wildman–Crippen LogP) is 1.48. The number of primary amides is 1. The van der Waals surface area contributed by atoms with E-state index >= 15 is 0 Å². The monoisotopic (exact) mass is 340 g/mol. The standard InChI is InChI=1S/C18H20N4O3/c19-16(23)13-5-3-12(4-6-13)2-1-11-25-17(24)14-7-9-15(10-8-14)22-18(20)21/h3-10H,1-2,11H2,(H2,19,23)(H4,20,21,22). The first-order valence-electron chi connectivity index (χ1n) is 7.71. The summed E-state index contributed by atoms with van der Waals surface area (Å²) in [5.41, 5.74) is 18.3. The van der Waals surface area contributed by atoms with Crippen molar-refractivity contribution in [1.29, 1.82) is 0 Å². The fraction of sp³-hybridized carbons (Fsp3) is 0.167. The quantitative estimate of drug-likeness (QED) is 0.304. The van der Waals surface area contributed by atoms with Gasteiger partial charge in [-0.05, 0) is 54.8 Å². The van der Waals surface area contributed by atoms with Crippen molar-refractivity contribution in [3.63, 3.8) is 0 Å². The highest BCUT2D eigenvalue weighted by molar-refractivity contribution is 5.92. The lowest BCUT2D eigenvalue weighted by Crippen LogP contribution is -2.21. The summed E-state index contributed by atoms with van der Waals surface area (Å²) in [6, 6.07) is 13.5. The topological polar surface area (TPSA) is 134 Å². The molecule has 0 bridgehead atoms. The summed E-state index contributed by atoms with van der Waals surface area (Å²) in [4.78, 5) is 26.8. The molecular formula is C18H20N4O3. The zero-order valence-electron chi connectivity index (χ0n) is 13.6. The number of esters is 1. The van der Waals surface area contributed by atoms with Crippen molar-refractivity contribution in [3.05, 3.63) is 65.2 Å².